The molecule has 7 heteroatoms. The Balaban J connectivity index is 2.36. The van der Waals surface area contributed by atoms with Gasteiger partial charge < -0.3 is 14.7 Å². The molecule has 0 aliphatic carbocycles. The van der Waals surface area contributed by atoms with Gasteiger partial charge in [-0.05, 0) is 30.3 Å². The van der Waals surface area contributed by atoms with Crippen LogP contribution in [0, 0.1) is 0 Å². The van der Waals surface area contributed by atoms with Crippen molar-refractivity contribution in [3.63, 3.8) is 0 Å². The van der Waals surface area contributed by atoms with Crippen molar-refractivity contribution in [3.8, 4) is 5.75 Å². The van der Waals surface area contributed by atoms with Crippen molar-refractivity contribution in [1.29, 1.82) is 0 Å². The van der Waals surface area contributed by atoms with Crippen LogP contribution in [0.5, 0.6) is 5.75 Å². The van der Waals surface area contributed by atoms with E-state index < -0.39 is 29.8 Å². The molecule has 0 spiro atoms. The summed E-state index contributed by atoms with van der Waals surface area (Å²) in [5.74, 6) is -0.847. The second kappa shape index (κ2) is 5.51. The van der Waals surface area contributed by atoms with Crippen LogP contribution in [0.4, 0.5) is 18.9 Å². The van der Waals surface area contributed by atoms with Crippen LogP contribution >= 0.6 is 0 Å². The fraction of sp³-hybridized carbons (Fsp3) is 0.214. The molecule has 1 N–H and O–H groups in total. The van der Waals surface area contributed by atoms with Crippen LogP contribution in [-0.4, -0.2) is 30.9 Å². The number of carboxylic acid groups (broad SMARTS) is 1. The predicted octanol–water partition coefficient (Wildman–Crippen LogP) is 2.97. The number of carboxylic acids is 1. The Morgan fingerprint density at radius 3 is 2.38 bits per heavy atom. The monoisotopic (exact) mass is 299 g/mol. The second-order valence-electron chi connectivity index (χ2n) is 4.38. The van der Waals surface area contributed by atoms with Crippen LogP contribution in [0.1, 0.15) is 0 Å². The Bertz CT molecular complexity index is 603. The number of ether oxygens (including phenoxy) is 1. The molecule has 21 heavy (non-hydrogen) atoms. The molecule has 0 aromatic heterocycles. The van der Waals surface area contributed by atoms with Gasteiger partial charge in [-0.1, -0.05) is 0 Å². The average Bonchev–Trinajstić information content (AvgIpc) is 2.46. The van der Waals surface area contributed by atoms with Crippen molar-refractivity contribution in [1.82, 2.24) is 0 Å². The van der Waals surface area contributed by atoms with Gasteiger partial charge in [-0.25, -0.2) is 4.79 Å². The molecular formula is C14H12F3NO3. The topological polar surface area (TPSA) is 49.8 Å². The van der Waals surface area contributed by atoms with Crippen LogP contribution in [-0.2, 0) is 4.79 Å². The Morgan fingerprint density at radius 2 is 1.90 bits per heavy atom. The number of hydrogen-bond acceptors (Lipinski definition) is 3. The first-order chi connectivity index (χ1) is 9.81. The molecule has 1 heterocycles. The molecule has 4 nitrogen and oxygen atoms in total. The number of hydrogen-bond donors (Lipinski definition) is 1. The van der Waals surface area contributed by atoms with E-state index in [1.54, 1.807) is 24.3 Å². The lowest BCUT2D eigenvalue weighted by molar-refractivity contribution is -0.132. The van der Waals surface area contributed by atoms with Crippen molar-refractivity contribution in [2.24, 2.45) is 0 Å². The summed E-state index contributed by atoms with van der Waals surface area (Å²) >= 11 is 0. The minimum atomic E-state index is -4.57. The fourth-order valence-electron chi connectivity index (χ4n) is 1.90. The van der Waals surface area contributed by atoms with E-state index in [9.17, 15) is 18.0 Å². The SMILES string of the molecule is COc1ccc(N2C=C(C(=O)O)C=C(C(F)(F)F)C2)cc1. The molecule has 2 rings (SSSR count). The van der Waals surface area contributed by atoms with E-state index in [1.165, 1.54) is 18.2 Å². The van der Waals surface area contributed by atoms with Gasteiger partial charge in [0.15, 0.2) is 0 Å². The van der Waals surface area contributed by atoms with Gasteiger partial charge in [-0.15, -0.1) is 0 Å². The van der Waals surface area contributed by atoms with Crippen LogP contribution < -0.4 is 9.64 Å². The first kappa shape index (κ1) is 15.0. The lowest BCUT2D eigenvalue weighted by Crippen LogP contribution is -2.30. The first-order valence-electron chi connectivity index (χ1n) is 5.95. The summed E-state index contributed by atoms with van der Waals surface area (Å²) in [6.07, 6.45) is -2.73. The largest absolute Gasteiger partial charge is 0.497 e. The number of nitrogens with zero attached hydrogens (tertiary/aromatic N) is 1. The summed E-state index contributed by atoms with van der Waals surface area (Å²) in [6.45, 7) is -0.438. The Morgan fingerprint density at radius 1 is 1.29 bits per heavy atom. The zero-order valence-corrected chi connectivity index (χ0v) is 11.0. The van der Waals surface area contributed by atoms with Gasteiger partial charge in [-0.3, -0.25) is 0 Å². The third kappa shape index (κ3) is 3.36. The summed E-state index contributed by atoms with van der Waals surface area (Å²) in [6, 6.07) is 6.31. The quantitative estimate of drug-likeness (QED) is 0.932. The van der Waals surface area contributed by atoms with Gasteiger partial charge in [0.2, 0.25) is 0 Å². The summed E-state index contributed by atoms with van der Waals surface area (Å²) in [5.41, 5.74) is -0.869. The van der Waals surface area contributed by atoms with Crippen LogP contribution in [0.25, 0.3) is 0 Å². The molecule has 1 aliphatic heterocycles. The molecule has 0 bridgehead atoms. The van der Waals surface area contributed by atoms with Crippen molar-refractivity contribution >= 4 is 11.7 Å². The summed E-state index contributed by atoms with van der Waals surface area (Å²) in [4.78, 5) is 12.2. The molecule has 0 saturated carbocycles. The Kier molecular flexibility index (Phi) is 3.93. The molecule has 1 aromatic rings. The standard InChI is InChI=1S/C14H12F3NO3/c1-21-12-4-2-11(3-5-12)18-7-9(13(19)20)6-10(8-18)14(15,16)17/h2-7H,8H2,1H3,(H,19,20). The normalized spacial score (nSPS) is 15.3. The zero-order chi connectivity index (χ0) is 15.6. The molecule has 0 unspecified atom stereocenters. The van der Waals surface area contributed by atoms with Gasteiger partial charge in [-0.2, -0.15) is 13.2 Å². The smallest absolute Gasteiger partial charge is 0.414 e. The lowest BCUT2D eigenvalue weighted by atomic mass is 10.1. The molecule has 0 amide bonds. The third-order valence-electron chi connectivity index (χ3n) is 2.98. The average molecular weight is 299 g/mol. The van der Waals surface area contributed by atoms with Crippen molar-refractivity contribution in [2.75, 3.05) is 18.6 Å². The summed E-state index contributed by atoms with van der Waals surface area (Å²) in [7, 11) is 1.48. The second-order valence-corrected chi connectivity index (χ2v) is 4.38. The number of rotatable bonds is 3. The minimum Gasteiger partial charge on any atom is -0.497 e. The highest BCUT2D eigenvalue weighted by Gasteiger charge is 2.36. The van der Waals surface area contributed by atoms with Crippen LogP contribution in [0.3, 0.4) is 0 Å². The molecule has 1 aliphatic rings. The van der Waals surface area contributed by atoms with Gasteiger partial charge in [0.05, 0.1) is 24.8 Å². The number of halogens is 3. The maximum atomic E-state index is 12.9. The predicted molar refractivity (Wildman–Crippen MR) is 70.2 cm³/mol. The van der Waals surface area contributed by atoms with Crippen LogP contribution in [0.2, 0.25) is 0 Å². The number of methoxy groups -OCH3 is 1. The van der Waals surface area contributed by atoms with Gasteiger partial charge >= 0.3 is 12.1 Å². The molecular weight excluding hydrogens is 287 g/mol. The van der Waals surface area contributed by atoms with E-state index in [0.717, 1.165) is 0 Å². The maximum absolute atomic E-state index is 12.9. The fourth-order valence-corrected chi connectivity index (χ4v) is 1.90. The van der Waals surface area contributed by atoms with E-state index >= 15 is 0 Å². The molecule has 1 aromatic carbocycles. The molecule has 112 valence electrons. The number of carbonyl (C=O) groups is 1. The number of benzene rings is 1. The minimum absolute atomic E-state index is 0.413. The highest BCUT2D eigenvalue weighted by molar-refractivity contribution is 5.91. The summed E-state index contributed by atoms with van der Waals surface area (Å²) in [5, 5.41) is 8.94. The van der Waals surface area contributed by atoms with Gasteiger partial charge in [0.1, 0.15) is 5.75 Å². The number of anilines is 1. The Labute approximate surface area is 118 Å². The van der Waals surface area contributed by atoms with E-state index in [-0.39, 0.29) is 0 Å². The molecule has 0 radical (unpaired) electrons. The first-order valence-corrected chi connectivity index (χ1v) is 5.95. The zero-order valence-electron chi connectivity index (χ0n) is 11.0. The lowest BCUT2D eigenvalue weighted by Gasteiger charge is -2.27. The van der Waals surface area contributed by atoms with Crippen molar-refractivity contribution in [2.45, 2.75) is 6.18 Å². The van der Waals surface area contributed by atoms with Crippen molar-refractivity contribution < 1.29 is 27.8 Å². The van der Waals surface area contributed by atoms with E-state index in [2.05, 4.69) is 0 Å². The Hall–Kier alpha value is -2.44. The summed E-state index contributed by atoms with van der Waals surface area (Å²) < 4.78 is 43.5. The number of alkyl halides is 3. The van der Waals surface area contributed by atoms with Gasteiger partial charge in [0, 0.05) is 11.9 Å². The molecule has 0 fully saturated rings. The molecule has 0 atom stereocenters. The van der Waals surface area contributed by atoms with Gasteiger partial charge in [0.25, 0.3) is 0 Å². The highest BCUT2D eigenvalue weighted by Crippen LogP contribution is 2.32. The van der Waals surface area contributed by atoms with Crippen LogP contribution in [0.15, 0.2) is 47.7 Å². The molecule has 0 saturated heterocycles. The van der Waals surface area contributed by atoms with E-state index in [4.69, 9.17) is 9.84 Å². The van der Waals surface area contributed by atoms with E-state index in [1.807, 2.05) is 0 Å². The number of aliphatic carboxylic acids is 1. The maximum Gasteiger partial charge on any atom is 0.414 e. The van der Waals surface area contributed by atoms with E-state index in [0.29, 0.717) is 17.5 Å². The highest BCUT2D eigenvalue weighted by atomic mass is 19.4. The van der Waals surface area contributed by atoms with Crippen molar-refractivity contribution in [3.05, 3.63) is 47.7 Å². The third-order valence-corrected chi connectivity index (χ3v) is 2.98.